The Morgan fingerprint density at radius 1 is 0.370 bits per heavy atom. The lowest BCUT2D eigenvalue weighted by Crippen LogP contribution is -2.56. The Hall–Kier alpha value is 0.230. The van der Waals surface area contributed by atoms with Gasteiger partial charge in [0.2, 0.25) is 0 Å². The summed E-state index contributed by atoms with van der Waals surface area (Å²) in [4.78, 5) is 0. The Balaban J connectivity index is 0.00000102. The Labute approximate surface area is 168 Å². The van der Waals surface area contributed by atoms with Crippen LogP contribution in [-0.4, -0.2) is 78.1 Å². The summed E-state index contributed by atoms with van der Waals surface area (Å²) in [7, 11) is -0.715. The van der Waals surface area contributed by atoms with Crippen LogP contribution in [0, 0.1) is 0 Å². The van der Waals surface area contributed by atoms with E-state index in [2.05, 4.69) is 18.7 Å². The van der Waals surface area contributed by atoms with Gasteiger partial charge in [-0.15, -0.1) is 18.7 Å². The smallest absolute Gasteiger partial charge is 0.308 e. The van der Waals surface area contributed by atoms with Crippen LogP contribution in [0.15, 0.2) is 0 Å². The molecule has 5 nitrogen and oxygen atoms in total. The lowest BCUT2D eigenvalue weighted by Gasteiger charge is -2.54. The highest BCUT2D eigenvalue weighted by molar-refractivity contribution is 7.66. The van der Waals surface area contributed by atoms with Crippen LogP contribution in [0.3, 0.4) is 0 Å². The van der Waals surface area contributed by atoms with Crippen molar-refractivity contribution in [3.63, 3.8) is 0 Å². The Morgan fingerprint density at radius 3 is 0.741 bits per heavy atom. The van der Waals surface area contributed by atoms with Gasteiger partial charge in [-0.2, -0.15) is 7.11 Å². The maximum Gasteiger partial charge on any atom is 0.308 e. The fourth-order valence-corrected chi connectivity index (χ4v) is 11.1. The molecule has 0 atom stereocenters. The SMILES string of the molecule is C1CCN([P+](N2CCCCC2)(N2CCCCC2)N2CCCCC2)CC1.C[O-]. The fraction of sp³-hybridized carbons (Fsp3) is 1.00. The van der Waals surface area contributed by atoms with Crippen molar-refractivity contribution in [1.82, 2.24) is 18.7 Å². The van der Waals surface area contributed by atoms with Crippen LogP contribution in [0.4, 0.5) is 0 Å². The van der Waals surface area contributed by atoms with Crippen LogP contribution < -0.4 is 5.11 Å². The predicted molar refractivity (Wildman–Crippen MR) is 115 cm³/mol. The molecule has 0 N–H and O–H groups in total. The van der Waals surface area contributed by atoms with Crippen LogP contribution in [0.2, 0.25) is 0 Å². The summed E-state index contributed by atoms with van der Waals surface area (Å²) in [6.45, 7) is 10.9. The first-order valence-corrected chi connectivity index (χ1v) is 13.3. The van der Waals surface area contributed by atoms with E-state index in [0.29, 0.717) is 0 Å². The van der Waals surface area contributed by atoms with Crippen molar-refractivity contribution in [2.45, 2.75) is 77.0 Å². The van der Waals surface area contributed by atoms with Gasteiger partial charge in [-0.25, -0.2) is 0 Å². The molecule has 0 radical (unpaired) electrons. The second-order valence-corrected chi connectivity index (χ2v) is 11.9. The summed E-state index contributed by atoms with van der Waals surface area (Å²) < 4.78 is 12.2. The molecule has 0 aromatic heterocycles. The second kappa shape index (κ2) is 11.4. The van der Waals surface area contributed by atoms with Crippen LogP contribution in [0.1, 0.15) is 77.0 Å². The molecule has 4 rings (SSSR count). The molecule has 4 aliphatic heterocycles. The molecule has 0 saturated carbocycles. The average molecular weight is 399 g/mol. The van der Waals surface area contributed by atoms with Crippen molar-refractivity contribution >= 4 is 7.87 Å². The zero-order chi connectivity index (χ0) is 19.0. The van der Waals surface area contributed by atoms with Gasteiger partial charge in [0.25, 0.3) is 0 Å². The van der Waals surface area contributed by atoms with E-state index in [0.717, 1.165) is 7.11 Å². The molecule has 158 valence electrons. The largest absolute Gasteiger partial charge is 0.857 e. The highest BCUT2D eigenvalue weighted by Gasteiger charge is 2.61. The third kappa shape index (κ3) is 4.87. The van der Waals surface area contributed by atoms with E-state index < -0.39 is 7.87 Å². The number of rotatable bonds is 4. The minimum Gasteiger partial charge on any atom is -0.857 e. The first-order chi connectivity index (χ1) is 13.4. The van der Waals surface area contributed by atoms with Crippen molar-refractivity contribution in [2.75, 3.05) is 59.5 Å². The van der Waals surface area contributed by atoms with Gasteiger partial charge in [0.1, 0.15) is 0 Å². The van der Waals surface area contributed by atoms with E-state index in [1.807, 2.05) is 0 Å². The van der Waals surface area contributed by atoms with Crippen molar-refractivity contribution in [1.29, 1.82) is 0 Å². The highest BCUT2D eigenvalue weighted by Crippen LogP contribution is 2.71. The molecule has 0 aromatic rings. The Kier molecular flexibility index (Phi) is 9.28. The quantitative estimate of drug-likeness (QED) is 0.677. The van der Waals surface area contributed by atoms with Crippen LogP contribution in [-0.2, 0) is 0 Å². The number of hydrogen-bond acceptors (Lipinski definition) is 5. The molecular weight excluding hydrogens is 355 g/mol. The van der Waals surface area contributed by atoms with E-state index in [4.69, 9.17) is 5.11 Å². The summed E-state index contributed by atoms with van der Waals surface area (Å²) in [5, 5.41) is 8.25. The van der Waals surface area contributed by atoms with E-state index in [-0.39, 0.29) is 0 Å². The van der Waals surface area contributed by atoms with Gasteiger partial charge in [0.05, 0.1) is 0 Å². The highest BCUT2D eigenvalue weighted by atomic mass is 31.2. The van der Waals surface area contributed by atoms with Gasteiger partial charge >= 0.3 is 7.87 Å². The molecule has 4 saturated heterocycles. The molecule has 6 heteroatoms. The molecule has 0 spiro atoms. The molecule has 0 aliphatic carbocycles. The van der Waals surface area contributed by atoms with Gasteiger partial charge in [0, 0.05) is 52.4 Å². The number of nitrogens with zero attached hydrogens (tertiary/aromatic N) is 4. The normalized spacial score (nSPS) is 27.8. The molecule has 0 bridgehead atoms. The van der Waals surface area contributed by atoms with Crippen molar-refractivity contribution in [3.8, 4) is 0 Å². The number of piperidine rings is 4. The fourth-order valence-electron chi connectivity index (χ4n) is 5.66. The van der Waals surface area contributed by atoms with Crippen molar-refractivity contribution in [2.24, 2.45) is 0 Å². The summed E-state index contributed by atoms with van der Waals surface area (Å²) in [6.07, 6.45) is 17.2. The van der Waals surface area contributed by atoms with Crippen molar-refractivity contribution in [3.05, 3.63) is 0 Å². The molecule has 0 amide bonds. The predicted octanol–water partition coefficient (Wildman–Crippen LogP) is 3.58. The molecule has 27 heavy (non-hydrogen) atoms. The monoisotopic (exact) mass is 398 g/mol. The lowest BCUT2D eigenvalue weighted by molar-refractivity contribution is -0.325. The minimum absolute atomic E-state index is 0.750. The van der Waals surface area contributed by atoms with Gasteiger partial charge in [-0.1, -0.05) is 25.7 Å². The van der Waals surface area contributed by atoms with Gasteiger partial charge in [-0.3, -0.25) is 0 Å². The zero-order valence-corrected chi connectivity index (χ0v) is 18.7. The van der Waals surface area contributed by atoms with Crippen LogP contribution >= 0.6 is 7.87 Å². The first-order valence-electron chi connectivity index (χ1n) is 11.7. The zero-order valence-electron chi connectivity index (χ0n) is 17.8. The van der Waals surface area contributed by atoms with Crippen LogP contribution in [0.5, 0.6) is 0 Å². The molecule has 0 unspecified atom stereocenters. The molecule has 4 fully saturated rings. The van der Waals surface area contributed by atoms with Gasteiger partial charge in [0.15, 0.2) is 0 Å². The summed E-state index contributed by atoms with van der Waals surface area (Å²) in [5.74, 6) is 0. The maximum atomic E-state index is 8.25. The molecule has 4 aliphatic rings. The van der Waals surface area contributed by atoms with Crippen molar-refractivity contribution < 1.29 is 5.11 Å². The van der Waals surface area contributed by atoms with E-state index in [1.165, 1.54) is 129 Å². The van der Waals surface area contributed by atoms with E-state index in [9.17, 15) is 0 Å². The van der Waals surface area contributed by atoms with E-state index in [1.54, 1.807) is 0 Å². The molecular formula is C21H43N4OP. The summed E-state index contributed by atoms with van der Waals surface area (Å²) in [6, 6.07) is 0. The first kappa shape index (κ1) is 21.9. The third-order valence-corrected chi connectivity index (χ3v) is 11.5. The van der Waals surface area contributed by atoms with Gasteiger partial charge < -0.3 is 5.11 Å². The second-order valence-electron chi connectivity index (χ2n) is 8.59. The van der Waals surface area contributed by atoms with Gasteiger partial charge in [-0.05, 0) is 51.4 Å². The minimum atomic E-state index is -1.46. The maximum absolute atomic E-state index is 8.25. The summed E-state index contributed by atoms with van der Waals surface area (Å²) in [5.41, 5.74) is 0. The Morgan fingerprint density at radius 2 is 0.556 bits per heavy atom. The molecule has 0 aromatic carbocycles. The van der Waals surface area contributed by atoms with Crippen LogP contribution in [0.25, 0.3) is 0 Å². The standard InChI is InChI=1S/C20H40N4P.CH3O/c1-5-13-21(14-6-1)25(22-15-7-2-8-16-22,23-17-9-3-10-18-23)24-19-11-4-12-20-24;1-2/h1-20H2;1H3/q+1;-1. The summed E-state index contributed by atoms with van der Waals surface area (Å²) >= 11 is 0. The number of hydrogen-bond donors (Lipinski definition) is 0. The Bertz CT molecular complexity index is 323. The average Bonchev–Trinajstić information content (AvgIpc) is 2.79. The third-order valence-electron chi connectivity index (χ3n) is 6.85. The lowest BCUT2D eigenvalue weighted by atomic mass is 10.2. The van der Waals surface area contributed by atoms with E-state index >= 15 is 0 Å². The molecule has 4 heterocycles. The topological polar surface area (TPSA) is 36.0 Å².